The number of hydrogen-bond donors (Lipinski definition) is 2. The monoisotopic (exact) mass is 221 g/mol. The minimum absolute atomic E-state index is 0.225. The maximum absolute atomic E-state index is 11.1. The third-order valence-corrected chi connectivity index (χ3v) is 1.39. The number of aliphatic hydroxyl groups excluding tert-OH is 1. The van der Waals surface area contributed by atoms with E-state index in [-0.39, 0.29) is 13.2 Å². The lowest BCUT2D eigenvalue weighted by atomic mass is 10.2. The van der Waals surface area contributed by atoms with E-state index < -0.39 is 11.7 Å². The molecule has 0 aromatic heterocycles. The van der Waals surface area contributed by atoms with Crippen LogP contribution >= 0.6 is 11.6 Å². The molecule has 0 rings (SSSR count). The molecule has 0 saturated carbocycles. The summed E-state index contributed by atoms with van der Waals surface area (Å²) in [4.78, 5) is 11.1. The van der Waals surface area contributed by atoms with Crippen LogP contribution in [-0.4, -0.2) is 30.0 Å². The molecule has 0 radical (unpaired) electrons. The van der Waals surface area contributed by atoms with Gasteiger partial charge in [0.15, 0.2) is 0 Å². The molecular formula is C9H16ClNO3. The van der Waals surface area contributed by atoms with Gasteiger partial charge in [-0.3, -0.25) is 0 Å². The molecule has 0 unspecified atom stereocenters. The Morgan fingerprint density at radius 3 is 2.57 bits per heavy atom. The molecule has 0 aromatic carbocycles. The van der Waals surface area contributed by atoms with Gasteiger partial charge in [-0.1, -0.05) is 11.6 Å². The quantitative estimate of drug-likeness (QED) is 0.762. The highest BCUT2D eigenvalue weighted by Gasteiger charge is 2.14. The predicted octanol–water partition coefficient (Wildman–Crippen LogP) is 1.63. The van der Waals surface area contributed by atoms with Crippen molar-refractivity contribution in [2.24, 2.45) is 0 Å². The minimum Gasteiger partial charge on any atom is -0.444 e. The van der Waals surface area contributed by atoms with Gasteiger partial charge in [0.25, 0.3) is 0 Å². The molecule has 4 nitrogen and oxygen atoms in total. The third-order valence-electron chi connectivity index (χ3n) is 1.12. The number of ether oxygens (including phenoxy) is 1. The van der Waals surface area contributed by atoms with E-state index in [1.54, 1.807) is 20.8 Å². The zero-order chi connectivity index (χ0) is 11.2. The van der Waals surface area contributed by atoms with Gasteiger partial charge in [-0.05, 0) is 26.8 Å². The van der Waals surface area contributed by atoms with Gasteiger partial charge in [-0.15, -0.1) is 0 Å². The molecule has 0 aromatic rings. The summed E-state index contributed by atoms with van der Waals surface area (Å²) in [5.74, 6) is 0. The van der Waals surface area contributed by atoms with Crippen molar-refractivity contribution in [3.63, 3.8) is 0 Å². The van der Waals surface area contributed by atoms with Crippen molar-refractivity contribution in [1.82, 2.24) is 5.32 Å². The summed E-state index contributed by atoms with van der Waals surface area (Å²) < 4.78 is 4.97. The fourth-order valence-electron chi connectivity index (χ4n) is 0.624. The van der Waals surface area contributed by atoms with Crippen LogP contribution in [0.1, 0.15) is 20.8 Å². The highest BCUT2D eigenvalue weighted by atomic mass is 35.5. The van der Waals surface area contributed by atoms with Crippen LogP contribution in [0.3, 0.4) is 0 Å². The molecule has 0 aliphatic carbocycles. The number of nitrogens with one attached hydrogen (secondary N) is 1. The summed E-state index contributed by atoms with van der Waals surface area (Å²) in [6, 6.07) is 0. The van der Waals surface area contributed by atoms with Crippen LogP contribution in [0, 0.1) is 0 Å². The summed E-state index contributed by atoms with van der Waals surface area (Å²) in [5.41, 5.74) is -0.505. The summed E-state index contributed by atoms with van der Waals surface area (Å²) in [7, 11) is 0. The first-order valence-corrected chi connectivity index (χ1v) is 4.65. The second-order valence-corrected chi connectivity index (χ2v) is 4.18. The molecule has 0 fully saturated rings. The summed E-state index contributed by atoms with van der Waals surface area (Å²) in [6.07, 6.45) is 1.00. The Labute approximate surface area is 88.9 Å². The number of aliphatic hydroxyl groups is 1. The lowest BCUT2D eigenvalue weighted by Gasteiger charge is -2.19. The molecule has 0 heterocycles. The van der Waals surface area contributed by atoms with Gasteiger partial charge in [0.05, 0.1) is 6.61 Å². The number of rotatable bonds is 3. The van der Waals surface area contributed by atoms with Crippen molar-refractivity contribution in [3.8, 4) is 0 Å². The fraction of sp³-hybridized carbons (Fsp3) is 0.667. The first-order chi connectivity index (χ1) is 6.35. The van der Waals surface area contributed by atoms with Crippen LogP contribution in [0.4, 0.5) is 4.79 Å². The lowest BCUT2D eigenvalue weighted by molar-refractivity contribution is 0.0534. The number of hydrogen-bond acceptors (Lipinski definition) is 3. The van der Waals surface area contributed by atoms with Crippen molar-refractivity contribution < 1.29 is 14.6 Å². The van der Waals surface area contributed by atoms with E-state index in [0.29, 0.717) is 5.03 Å². The van der Waals surface area contributed by atoms with E-state index >= 15 is 0 Å². The van der Waals surface area contributed by atoms with E-state index in [9.17, 15) is 4.79 Å². The summed E-state index contributed by atoms with van der Waals surface area (Å²) in [6.45, 7) is 5.36. The first-order valence-electron chi connectivity index (χ1n) is 4.27. The van der Waals surface area contributed by atoms with Crippen LogP contribution in [0.25, 0.3) is 0 Å². The zero-order valence-electron chi connectivity index (χ0n) is 8.63. The minimum atomic E-state index is -0.505. The Morgan fingerprint density at radius 1 is 1.57 bits per heavy atom. The number of alkyl carbamates (subject to hydrolysis) is 1. The van der Waals surface area contributed by atoms with Crippen LogP contribution < -0.4 is 5.32 Å². The average Bonchev–Trinajstić information content (AvgIpc) is 2.00. The van der Waals surface area contributed by atoms with Gasteiger partial charge < -0.3 is 15.2 Å². The number of amides is 1. The smallest absolute Gasteiger partial charge is 0.407 e. The molecule has 0 atom stereocenters. The Morgan fingerprint density at radius 2 is 2.14 bits per heavy atom. The van der Waals surface area contributed by atoms with Gasteiger partial charge in [0, 0.05) is 11.6 Å². The van der Waals surface area contributed by atoms with Gasteiger partial charge in [0.2, 0.25) is 0 Å². The van der Waals surface area contributed by atoms with E-state index in [4.69, 9.17) is 21.4 Å². The van der Waals surface area contributed by atoms with Gasteiger partial charge in [-0.2, -0.15) is 0 Å². The molecule has 82 valence electrons. The highest BCUT2D eigenvalue weighted by molar-refractivity contribution is 6.29. The largest absolute Gasteiger partial charge is 0.444 e. The molecular weight excluding hydrogens is 206 g/mol. The molecule has 0 bridgehead atoms. The summed E-state index contributed by atoms with van der Waals surface area (Å²) >= 11 is 5.50. The number of carbonyl (C=O) groups excluding carboxylic acids is 1. The molecule has 0 aliphatic heterocycles. The van der Waals surface area contributed by atoms with Crippen molar-refractivity contribution >= 4 is 17.7 Å². The third kappa shape index (κ3) is 7.89. The van der Waals surface area contributed by atoms with Crippen molar-refractivity contribution in [3.05, 3.63) is 11.1 Å². The van der Waals surface area contributed by atoms with Gasteiger partial charge >= 0.3 is 6.09 Å². The second-order valence-electron chi connectivity index (χ2n) is 3.69. The summed E-state index contributed by atoms with van der Waals surface area (Å²) in [5, 5.41) is 11.3. The highest BCUT2D eigenvalue weighted by Crippen LogP contribution is 2.06. The Kier molecular flexibility index (Phi) is 5.57. The molecule has 5 heteroatoms. The van der Waals surface area contributed by atoms with Gasteiger partial charge in [-0.25, -0.2) is 4.79 Å². The van der Waals surface area contributed by atoms with E-state index in [1.165, 1.54) is 6.08 Å². The second kappa shape index (κ2) is 5.88. The molecule has 0 spiro atoms. The van der Waals surface area contributed by atoms with Crippen LogP contribution in [0.2, 0.25) is 0 Å². The number of carbonyl (C=O) groups is 1. The molecule has 0 aliphatic rings. The number of halogens is 1. The molecule has 0 saturated heterocycles. The SMILES string of the molecule is CC(C)(C)OC(=O)NC/C=C(\Cl)CO. The molecule has 1 amide bonds. The van der Waals surface area contributed by atoms with Crippen molar-refractivity contribution in [2.45, 2.75) is 26.4 Å². The van der Waals surface area contributed by atoms with E-state index in [0.717, 1.165) is 0 Å². The lowest BCUT2D eigenvalue weighted by Crippen LogP contribution is -2.32. The first kappa shape index (κ1) is 13.3. The maximum Gasteiger partial charge on any atom is 0.407 e. The standard InChI is InChI=1S/C9H16ClNO3/c1-9(2,3)14-8(13)11-5-4-7(10)6-12/h4,12H,5-6H2,1-3H3,(H,11,13)/b7-4-. The normalized spacial score (nSPS) is 12.5. The van der Waals surface area contributed by atoms with Crippen LogP contribution in [0.15, 0.2) is 11.1 Å². The van der Waals surface area contributed by atoms with Gasteiger partial charge in [0.1, 0.15) is 5.60 Å². The zero-order valence-corrected chi connectivity index (χ0v) is 9.39. The van der Waals surface area contributed by atoms with E-state index in [1.807, 2.05) is 0 Å². The maximum atomic E-state index is 11.1. The topological polar surface area (TPSA) is 58.6 Å². The van der Waals surface area contributed by atoms with Crippen molar-refractivity contribution in [2.75, 3.05) is 13.2 Å². The Balaban J connectivity index is 3.76. The Bertz CT molecular complexity index is 221. The average molecular weight is 222 g/mol. The fourth-order valence-corrected chi connectivity index (χ4v) is 0.701. The molecule has 2 N–H and O–H groups in total. The van der Waals surface area contributed by atoms with E-state index in [2.05, 4.69) is 5.32 Å². The van der Waals surface area contributed by atoms with Crippen LogP contribution in [-0.2, 0) is 4.74 Å². The molecule has 14 heavy (non-hydrogen) atoms. The Hall–Kier alpha value is -0.740. The predicted molar refractivity (Wildman–Crippen MR) is 55.3 cm³/mol. The van der Waals surface area contributed by atoms with Crippen molar-refractivity contribution in [1.29, 1.82) is 0 Å². The van der Waals surface area contributed by atoms with Crippen LogP contribution in [0.5, 0.6) is 0 Å².